The predicted molar refractivity (Wildman–Crippen MR) is 123 cm³/mol. The number of aromatic nitrogens is 4. The van der Waals surface area contributed by atoms with Gasteiger partial charge in [-0.2, -0.15) is 18.3 Å². The molecule has 2 amide bonds. The highest BCUT2D eigenvalue weighted by Gasteiger charge is 2.47. The van der Waals surface area contributed by atoms with E-state index in [0.717, 1.165) is 30.2 Å². The van der Waals surface area contributed by atoms with Gasteiger partial charge in [0.2, 0.25) is 0 Å². The molecular formula is C24H26F3N7O. The lowest BCUT2D eigenvalue weighted by atomic mass is 9.82. The van der Waals surface area contributed by atoms with Gasteiger partial charge in [0, 0.05) is 54.9 Å². The zero-order valence-electron chi connectivity index (χ0n) is 19.4. The summed E-state index contributed by atoms with van der Waals surface area (Å²) >= 11 is 0. The van der Waals surface area contributed by atoms with Crippen molar-refractivity contribution < 1.29 is 18.0 Å². The Bertz CT molecular complexity index is 1270. The molecule has 0 bridgehead atoms. The highest BCUT2D eigenvalue weighted by Crippen LogP contribution is 2.44. The lowest BCUT2D eigenvalue weighted by Crippen LogP contribution is -2.48. The molecule has 1 fully saturated rings. The van der Waals surface area contributed by atoms with Gasteiger partial charge in [-0.1, -0.05) is 6.07 Å². The summed E-state index contributed by atoms with van der Waals surface area (Å²) < 4.78 is 41.7. The molecule has 1 atom stereocenters. The molecule has 184 valence electrons. The number of fused-ring (bicyclic) bond motifs is 2. The first kappa shape index (κ1) is 23.1. The average molecular weight is 486 g/mol. The molecule has 8 nitrogen and oxygen atoms in total. The molecule has 2 aliphatic rings. The molecular weight excluding hydrogens is 459 g/mol. The summed E-state index contributed by atoms with van der Waals surface area (Å²) in [4.78, 5) is 22.8. The molecule has 5 heterocycles. The number of pyridine rings is 2. The van der Waals surface area contributed by atoms with Crippen LogP contribution >= 0.6 is 0 Å². The van der Waals surface area contributed by atoms with Crippen LogP contribution in [0.1, 0.15) is 43.5 Å². The number of anilines is 1. The first-order chi connectivity index (χ1) is 16.5. The maximum Gasteiger partial charge on any atom is 0.419 e. The van der Waals surface area contributed by atoms with Crippen LogP contribution < -0.4 is 11.1 Å². The summed E-state index contributed by atoms with van der Waals surface area (Å²) in [5.41, 5.74) is 6.10. The number of rotatable bonds is 3. The normalized spacial score (nSPS) is 19.9. The average Bonchev–Trinajstić information content (AvgIpc) is 3.51. The van der Waals surface area contributed by atoms with Crippen LogP contribution in [0, 0.1) is 0 Å². The maximum atomic E-state index is 13.3. The third-order valence-corrected chi connectivity index (χ3v) is 7.09. The smallest absolute Gasteiger partial charge is 0.383 e. The quantitative estimate of drug-likeness (QED) is 0.585. The molecule has 3 aromatic heterocycles. The first-order valence-electron chi connectivity index (χ1n) is 11.4. The second-order valence-corrected chi connectivity index (χ2v) is 9.79. The highest BCUT2D eigenvalue weighted by atomic mass is 19.4. The number of nitrogens with two attached hydrogens (primary N) is 1. The zero-order valence-corrected chi connectivity index (χ0v) is 19.4. The van der Waals surface area contributed by atoms with E-state index in [9.17, 15) is 18.0 Å². The van der Waals surface area contributed by atoms with Crippen LogP contribution in [0.2, 0.25) is 0 Å². The number of carbonyl (C=O) groups is 1. The van der Waals surface area contributed by atoms with Crippen LogP contribution in [-0.4, -0.2) is 43.8 Å². The molecule has 3 N–H and O–H groups in total. The predicted octanol–water partition coefficient (Wildman–Crippen LogP) is 3.93. The van der Waals surface area contributed by atoms with Gasteiger partial charge in [-0.25, -0.2) is 9.78 Å². The lowest BCUT2D eigenvalue weighted by molar-refractivity contribution is -0.137. The number of hydrogen-bond donors (Lipinski definition) is 2. The van der Waals surface area contributed by atoms with Gasteiger partial charge >= 0.3 is 12.2 Å². The fourth-order valence-corrected chi connectivity index (χ4v) is 5.06. The van der Waals surface area contributed by atoms with Gasteiger partial charge in [0.05, 0.1) is 16.8 Å². The fourth-order valence-electron chi connectivity index (χ4n) is 5.06. The van der Waals surface area contributed by atoms with Crippen LogP contribution in [0.25, 0.3) is 11.3 Å². The Morgan fingerprint density at radius 1 is 1.17 bits per heavy atom. The van der Waals surface area contributed by atoms with E-state index >= 15 is 0 Å². The number of carbonyl (C=O) groups excluding carboxylic acids is 1. The van der Waals surface area contributed by atoms with Crippen LogP contribution in [-0.2, 0) is 23.7 Å². The maximum absolute atomic E-state index is 13.3. The molecule has 2 aliphatic heterocycles. The van der Waals surface area contributed by atoms with Gasteiger partial charge in [0.25, 0.3) is 0 Å². The number of halogens is 3. The van der Waals surface area contributed by atoms with Gasteiger partial charge in [-0.15, -0.1) is 0 Å². The zero-order chi connectivity index (χ0) is 25.0. The summed E-state index contributed by atoms with van der Waals surface area (Å²) in [6.45, 7) is 5.60. The van der Waals surface area contributed by atoms with Crippen LogP contribution in [0.3, 0.4) is 0 Å². The van der Waals surface area contributed by atoms with Crippen LogP contribution in [0.5, 0.6) is 0 Å². The summed E-state index contributed by atoms with van der Waals surface area (Å²) in [5.74, 6) is -0.559. The van der Waals surface area contributed by atoms with Crippen molar-refractivity contribution in [2.24, 2.45) is 0 Å². The van der Waals surface area contributed by atoms with E-state index in [2.05, 4.69) is 20.4 Å². The lowest BCUT2D eigenvalue weighted by Gasteiger charge is -2.30. The van der Waals surface area contributed by atoms with Crippen LogP contribution in [0.15, 0.2) is 42.9 Å². The summed E-state index contributed by atoms with van der Waals surface area (Å²) in [6.07, 6.45) is 1.71. The molecule has 0 aromatic carbocycles. The van der Waals surface area contributed by atoms with E-state index in [1.54, 1.807) is 17.3 Å². The van der Waals surface area contributed by atoms with Gasteiger partial charge in [0.15, 0.2) is 0 Å². The van der Waals surface area contributed by atoms with E-state index in [0.29, 0.717) is 25.3 Å². The third kappa shape index (κ3) is 4.08. The Balaban J connectivity index is 1.36. The Kier molecular flexibility index (Phi) is 5.26. The number of urea groups is 1. The Hall–Kier alpha value is -3.63. The number of aryl methyl sites for hydroxylation is 1. The molecule has 35 heavy (non-hydrogen) atoms. The second kappa shape index (κ2) is 7.96. The molecule has 0 radical (unpaired) electrons. The topological polar surface area (TPSA) is 102 Å². The van der Waals surface area contributed by atoms with E-state index in [1.165, 1.54) is 6.20 Å². The van der Waals surface area contributed by atoms with Gasteiger partial charge in [-0.3, -0.25) is 9.67 Å². The SMILES string of the molecule is CC(C)(NC(=O)N1CCC2(CCn3nc(-c4cnc(N)c(C(F)(F)F)c4)cc32)C1)c1cccnc1. The van der Waals surface area contributed by atoms with Gasteiger partial charge in [-0.05, 0) is 50.5 Å². The number of hydrogen-bond acceptors (Lipinski definition) is 5. The highest BCUT2D eigenvalue weighted by molar-refractivity contribution is 5.76. The van der Waals surface area contributed by atoms with E-state index in [1.807, 2.05) is 36.7 Å². The second-order valence-electron chi connectivity index (χ2n) is 9.79. The van der Waals surface area contributed by atoms with Crippen molar-refractivity contribution >= 4 is 11.8 Å². The molecule has 11 heteroatoms. The number of amides is 2. The van der Waals surface area contributed by atoms with Crippen molar-refractivity contribution in [2.75, 3.05) is 18.8 Å². The monoisotopic (exact) mass is 485 g/mol. The van der Waals surface area contributed by atoms with Crippen molar-refractivity contribution in [2.45, 2.75) is 50.4 Å². The summed E-state index contributed by atoms with van der Waals surface area (Å²) in [7, 11) is 0. The van der Waals surface area contributed by atoms with Crippen molar-refractivity contribution in [3.63, 3.8) is 0 Å². The minimum Gasteiger partial charge on any atom is -0.383 e. The number of alkyl halides is 3. The summed E-state index contributed by atoms with van der Waals surface area (Å²) in [6, 6.07) is 6.40. The van der Waals surface area contributed by atoms with Crippen molar-refractivity contribution in [1.82, 2.24) is 30.0 Å². The molecule has 0 saturated carbocycles. The Morgan fingerprint density at radius 2 is 1.94 bits per heavy atom. The number of nitrogens with one attached hydrogen (secondary N) is 1. The minimum absolute atomic E-state index is 0.161. The number of nitrogens with zero attached hydrogens (tertiary/aromatic N) is 5. The number of likely N-dealkylation sites (tertiary alicyclic amines) is 1. The minimum atomic E-state index is -4.60. The number of nitrogen functional groups attached to an aromatic ring is 1. The van der Waals surface area contributed by atoms with Crippen molar-refractivity contribution in [1.29, 1.82) is 0 Å². The largest absolute Gasteiger partial charge is 0.419 e. The molecule has 3 aromatic rings. The van der Waals surface area contributed by atoms with E-state index in [-0.39, 0.29) is 17.0 Å². The van der Waals surface area contributed by atoms with Gasteiger partial charge < -0.3 is 16.0 Å². The fraction of sp³-hybridized carbons (Fsp3) is 0.417. The van der Waals surface area contributed by atoms with E-state index < -0.39 is 23.1 Å². The van der Waals surface area contributed by atoms with Crippen molar-refractivity contribution in [3.8, 4) is 11.3 Å². The molecule has 1 unspecified atom stereocenters. The molecule has 1 spiro atoms. The third-order valence-electron chi connectivity index (χ3n) is 7.09. The summed E-state index contributed by atoms with van der Waals surface area (Å²) in [5, 5.41) is 7.64. The first-order valence-corrected chi connectivity index (χ1v) is 11.4. The Morgan fingerprint density at radius 3 is 2.66 bits per heavy atom. The van der Waals surface area contributed by atoms with Crippen molar-refractivity contribution in [3.05, 3.63) is 59.7 Å². The van der Waals surface area contributed by atoms with Crippen LogP contribution in [0.4, 0.5) is 23.8 Å². The molecule has 0 aliphatic carbocycles. The van der Waals surface area contributed by atoms with E-state index in [4.69, 9.17) is 5.73 Å². The molecule has 1 saturated heterocycles. The Labute approximate surface area is 200 Å². The standard InChI is InChI=1S/C24H26F3N7O/c1-22(2,16-4-3-7-29-13-16)31-21(35)33-8-5-23(14-33)6-9-34-19(23)11-18(32-34)15-10-17(24(25,26)27)20(28)30-12-15/h3-4,7,10-13H,5-6,8-9,14H2,1-2H3,(H2,28,30)(H,31,35). The van der Waals surface area contributed by atoms with Gasteiger partial charge in [0.1, 0.15) is 5.82 Å². The molecule has 5 rings (SSSR count).